The maximum absolute atomic E-state index is 10.3. The van der Waals surface area contributed by atoms with Crippen LogP contribution in [0.2, 0.25) is 0 Å². The summed E-state index contributed by atoms with van der Waals surface area (Å²) in [6.07, 6.45) is 10.8. The van der Waals surface area contributed by atoms with Crippen molar-refractivity contribution in [3.63, 3.8) is 0 Å². The van der Waals surface area contributed by atoms with Crippen LogP contribution in [0.4, 0.5) is 5.69 Å². The van der Waals surface area contributed by atoms with E-state index in [0.29, 0.717) is 0 Å². The number of aldehydes is 1. The topological polar surface area (TPSA) is 81.5 Å². The summed E-state index contributed by atoms with van der Waals surface area (Å²) >= 11 is 0. The van der Waals surface area contributed by atoms with Crippen molar-refractivity contribution >= 4 is 18.3 Å². The molecule has 4 nitrogen and oxygen atoms in total. The molecular weight excluding hydrogens is 334 g/mol. The maximum atomic E-state index is 10.3. The van der Waals surface area contributed by atoms with Gasteiger partial charge in [-0.05, 0) is 36.6 Å². The molecule has 0 bridgehead atoms. The lowest BCUT2D eigenvalue weighted by atomic mass is 10.1. The Bertz CT molecular complexity index is 797. The molecule has 0 aromatic heterocycles. The summed E-state index contributed by atoms with van der Waals surface area (Å²) in [6.45, 7) is 2.03. The van der Waals surface area contributed by atoms with E-state index in [-0.39, 0.29) is 0 Å². The summed E-state index contributed by atoms with van der Waals surface area (Å²) in [7, 11) is 1.62. The number of rotatable bonds is 2. The highest BCUT2D eigenvalue weighted by Crippen LogP contribution is 2.19. The second-order valence-electron chi connectivity index (χ2n) is 5.73. The van der Waals surface area contributed by atoms with E-state index >= 15 is 0 Å². The Kier molecular flexibility index (Phi) is 10.3. The lowest BCUT2D eigenvalue weighted by Gasteiger charge is -2.00. The minimum absolute atomic E-state index is 0.771. The first kappa shape index (κ1) is 21.6. The van der Waals surface area contributed by atoms with E-state index in [1.807, 2.05) is 67.6 Å². The number of benzene rings is 2. The standard InChI is InChI=1S/C12H11N.C9H10O.C2H6N2/c13-12-8-6-11(7-9-12)10-4-2-1-3-5-10;1-8-3-2-4-9(7-10)6-5-8;1-4-2-3/h1-9H,13H2;3-7H,2H2,1H3;2H,1H3,(H2,3,4). The van der Waals surface area contributed by atoms with Gasteiger partial charge in [-0.15, -0.1) is 0 Å². The van der Waals surface area contributed by atoms with Crippen LogP contribution in [0.25, 0.3) is 11.1 Å². The number of aliphatic imine (C=N–C) groups is 1. The van der Waals surface area contributed by atoms with Gasteiger partial charge in [0, 0.05) is 18.3 Å². The molecule has 4 N–H and O–H groups in total. The number of nitrogen functional groups attached to an aromatic ring is 1. The lowest BCUT2D eigenvalue weighted by molar-refractivity contribution is -0.104. The molecule has 0 radical (unpaired) electrons. The molecule has 3 rings (SSSR count). The number of nitrogens with two attached hydrogens (primary N) is 2. The highest BCUT2D eigenvalue weighted by molar-refractivity contribution is 5.77. The van der Waals surface area contributed by atoms with Gasteiger partial charge in [-0.2, -0.15) is 0 Å². The predicted octanol–water partition coefficient (Wildman–Crippen LogP) is 4.56. The van der Waals surface area contributed by atoms with E-state index < -0.39 is 0 Å². The third-order valence-electron chi connectivity index (χ3n) is 3.64. The fourth-order valence-electron chi connectivity index (χ4n) is 2.14. The SMILES string of the molecule is CC1=CCC=C(C=O)C=C1.CN=CN.Nc1ccc(-c2ccccc2)cc1. The van der Waals surface area contributed by atoms with Crippen LogP contribution in [-0.4, -0.2) is 19.7 Å². The second-order valence-corrected chi connectivity index (χ2v) is 5.73. The molecule has 0 aliphatic heterocycles. The first-order chi connectivity index (χ1) is 13.1. The van der Waals surface area contributed by atoms with E-state index in [0.717, 1.165) is 24.0 Å². The lowest BCUT2D eigenvalue weighted by Crippen LogP contribution is -1.84. The Morgan fingerprint density at radius 1 is 0.926 bits per heavy atom. The van der Waals surface area contributed by atoms with Crippen molar-refractivity contribution in [3.05, 3.63) is 90.0 Å². The van der Waals surface area contributed by atoms with Crippen molar-refractivity contribution in [1.29, 1.82) is 0 Å². The van der Waals surface area contributed by atoms with Crippen molar-refractivity contribution in [3.8, 4) is 11.1 Å². The average molecular weight is 361 g/mol. The number of carbonyl (C=O) groups excluding carboxylic acids is 1. The first-order valence-electron chi connectivity index (χ1n) is 8.64. The molecule has 0 unspecified atom stereocenters. The summed E-state index contributed by atoms with van der Waals surface area (Å²) in [5.41, 5.74) is 15.6. The van der Waals surface area contributed by atoms with Gasteiger partial charge in [-0.1, -0.05) is 72.3 Å². The summed E-state index contributed by atoms with van der Waals surface area (Å²) in [4.78, 5) is 13.7. The summed E-state index contributed by atoms with van der Waals surface area (Å²) in [5.74, 6) is 0. The minimum atomic E-state index is 0.771. The Morgan fingerprint density at radius 2 is 1.52 bits per heavy atom. The molecule has 1 aliphatic rings. The number of hydrogen-bond donors (Lipinski definition) is 2. The van der Waals surface area contributed by atoms with Gasteiger partial charge in [0.1, 0.15) is 6.29 Å². The van der Waals surface area contributed by atoms with Crippen molar-refractivity contribution < 1.29 is 4.79 Å². The largest absolute Gasteiger partial charge is 0.399 e. The molecular formula is C23H27N3O. The van der Waals surface area contributed by atoms with E-state index in [1.165, 1.54) is 23.0 Å². The molecule has 140 valence electrons. The number of carbonyl (C=O) groups is 1. The van der Waals surface area contributed by atoms with Crippen LogP contribution in [0, 0.1) is 0 Å². The minimum Gasteiger partial charge on any atom is -0.399 e. The third kappa shape index (κ3) is 9.02. The van der Waals surface area contributed by atoms with E-state index in [4.69, 9.17) is 11.5 Å². The number of hydrogen-bond acceptors (Lipinski definition) is 3. The molecule has 2 aromatic carbocycles. The molecule has 27 heavy (non-hydrogen) atoms. The van der Waals surface area contributed by atoms with Crippen LogP contribution >= 0.6 is 0 Å². The third-order valence-corrected chi connectivity index (χ3v) is 3.64. The Balaban J connectivity index is 0.000000232. The van der Waals surface area contributed by atoms with Gasteiger partial charge in [0.05, 0.1) is 6.34 Å². The van der Waals surface area contributed by atoms with Gasteiger partial charge in [0.15, 0.2) is 0 Å². The number of nitrogens with zero attached hydrogens (tertiary/aromatic N) is 1. The molecule has 1 aliphatic carbocycles. The zero-order valence-corrected chi connectivity index (χ0v) is 15.9. The van der Waals surface area contributed by atoms with Crippen molar-refractivity contribution in [2.45, 2.75) is 13.3 Å². The molecule has 0 fully saturated rings. The van der Waals surface area contributed by atoms with E-state index in [1.54, 1.807) is 7.05 Å². The zero-order valence-electron chi connectivity index (χ0n) is 15.9. The summed E-state index contributed by atoms with van der Waals surface area (Å²) in [6, 6.07) is 18.2. The smallest absolute Gasteiger partial charge is 0.149 e. The van der Waals surface area contributed by atoms with Crippen LogP contribution in [0.5, 0.6) is 0 Å². The number of allylic oxidation sites excluding steroid dienone is 6. The molecule has 0 atom stereocenters. The molecule has 0 spiro atoms. The van der Waals surface area contributed by atoms with Crippen LogP contribution in [-0.2, 0) is 4.79 Å². The van der Waals surface area contributed by atoms with Gasteiger partial charge in [0.25, 0.3) is 0 Å². The molecule has 0 heterocycles. The maximum Gasteiger partial charge on any atom is 0.149 e. The molecule has 0 amide bonds. The summed E-state index contributed by atoms with van der Waals surface area (Å²) < 4.78 is 0. The van der Waals surface area contributed by atoms with Gasteiger partial charge < -0.3 is 11.5 Å². The first-order valence-corrected chi connectivity index (χ1v) is 8.64. The number of anilines is 1. The highest BCUT2D eigenvalue weighted by Gasteiger charge is 1.94. The van der Waals surface area contributed by atoms with Gasteiger partial charge in [-0.25, -0.2) is 0 Å². The Morgan fingerprint density at radius 3 is 2.07 bits per heavy atom. The van der Waals surface area contributed by atoms with Crippen molar-refractivity contribution in [2.24, 2.45) is 10.7 Å². The van der Waals surface area contributed by atoms with Crippen molar-refractivity contribution in [1.82, 2.24) is 0 Å². The fraction of sp³-hybridized carbons (Fsp3) is 0.130. The van der Waals surface area contributed by atoms with Crippen LogP contribution in [0.3, 0.4) is 0 Å². The normalized spacial score (nSPS) is 12.5. The van der Waals surface area contributed by atoms with Crippen LogP contribution < -0.4 is 11.5 Å². The van der Waals surface area contributed by atoms with Crippen molar-refractivity contribution in [2.75, 3.05) is 12.8 Å². The monoisotopic (exact) mass is 361 g/mol. The van der Waals surface area contributed by atoms with Crippen LogP contribution in [0.15, 0.2) is 95.0 Å². The van der Waals surface area contributed by atoms with Gasteiger partial charge in [0.2, 0.25) is 0 Å². The van der Waals surface area contributed by atoms with Gasteiger partial charge >= 0.3 is 0 Å². The molecule has 0 saturated carbocycles. The van der Waals surface area contributed by atoms with Gasteiger partial charge in [-0.3, -0.25) is 9.79 Å². The zero-order chi connectivity index (χ0) is 19.9. The fourth-order valence-corrected chi connectivity index (χ4v) is 2.14. The molecule has 2 aromatic rings. The van der Waals surface area contributed by atoms with E-state index in [9.17, 15) is 4.79 Å². The summed E-state index contributed by atoms with van der Waals surface area (Å²) in [5, 5.41) is 0. The Labute approximate surface area is 161 Å². The Hall–Kier alpha value is -3.40. The van der Waals surface area contributed by atoms with Crippen LogP contribution in [0.1, 0.15) is 13.3 Å². The average Bonchev–Trinajstić information content (AvgIpc) is 2.94. The second kappa shape index (κ2) is 12.9. The molecule has 0 saturated heterocycles. The van der Waals surface area contributed by atoms with E-state index in [2.05, 4.69) is 23.2 Å². The highest BCUT2D eigenvalue weighted by atomic mass is 16.1. The molecule has 4 heteroatoms. The predicted molar refractivity (Wildman–Crippen MR) is 117 cm³/mol. The quantitative estimate of drug-likeness (QED) is 0.356.